The van der Waals surface area contributed by atoms with E-state index >= 15 is 0 Å². The first kappa shape index (κ1) is 14.2. The molecule has 4 aliphatic carbocycles. The molecule has 0 radical (unpaired) electrons. The van der Waals surface area contributed by atoms with E-state index in [1.165, 1.54) is 57.8 Å². The van der Waals surface area contributed by atoms with E-state index in [-0.39, 0.29) is 5.41 Å². The second-order valence-electron chi connectivity index (χ2n) is 9.67. The van der Waals surface area contributed by atoms with Gasteiger partial charge in [-0.3, -0.25) is 9.69 Å². The zero-order valence-corrected chi connectivity index (χ0v) is 13.9. The first-order valence-electron chi connectivity index (χ1n) is 9.16. The smallest absolute Gasteiger partial charge is 0.153 e. The summed E-state index contributed by atoms with van der Waals surface area (Å²) in [6.45, 7) is 8.00. The molecular formula is C19H31NO. The number of hydrogen-bond acceptors (Lipinski definition) is 2. The summed E-state index contributed by atoms with van der Waals surface area (Å²) in [7, 11) is 0. The molecule has 2 unspecified atom stereocenters. The molecule has 4 atom stereocenters. The van der Waals surface area contributed by atoms with Crippen LogP contribution in [0, 0.1) is 22.2 Å². The quantitative estimate of drug-likeness (QED) is 0.781. The number of ketones is 1. The van der Waals surface area contributed by atoms with Gasteiger partial charge in [0.25, 0.3) is 0 Å². The summed E-state index contributed by atoms with van der Waals surface area (Å²) in [6.07, 6.45) is 11.7. The van der Waals surface area contributed by atoms with Crippen molar-refractivity contribution in [3.8, 4) is 0 Å². The average molecular weight is 289 g/mol. The van der Waals surface area contributed by atoms with Crippen molar-refractivity contribution in [2.75, 3.05) is 19.6 Å². The van der Waals surface area contributed by atoms with Gasteiger partial charge < -0.3 is 0 Å². The average Bonchev–Trinajstić information content (AvgIpc) is 2.35. The number of carbonyl (C=O) groups is 1. The number of hydrogen-bond donors (Lipinski definition) is 0. The summed E-state index contributed by atoms with van der Waals surface area (Å²) in [4.78, 5) is 15.6. The first-order valence-corrected chi connectivity index (χ1v) is 9.16. The molecule has 21 heavy (non-hydrogen) atoms. The summed E-state index contributed by atoms with van der Waals surface area (Å²) < 4.78 is 0. The summed E-state index contributed by atoms with van der Waals surface area (Å²) in [5, 5.41) is 0. The van der Waals surface area contributed by atoms with Gasteiger partial charge >= 0.3 is 0 Å². The fourth-order valence-corrected chi connectivity index (χ4v) is 7.25. The van der Waals surface area contributed by atoms with Crippen LogP contribution in [0.25, 0.3) is 0 Å². The predicted octanol–water partition coefficient (Wildman–Crippen LogP) is 4.04. The van der Waals surface area contributed by atoms with Crippen molar-refractivity contribution in [3.63, 3.8) is 0 Å². The van der Waals surface area contributed by atoms with Crippen LogP contribution >= 0.6 is 0 Å². The Morgan fingerprint density at radius 2 is 1.57 bits per heavy atom. The Bertz CT molecular complexity index is 432. The topological polar surface area (TPSA) is 20.3 Å². The molecule has 5 rings (SSSR count). The molecule has 0 amide bonds. The lowest BCUT2D eigenvalue weighted by Crippen LogP contribution is -2.59. The molecule has 1 aliphatic heterocycles. The maximum Gasteiger partial charge on any atom is 0.153 e. The Kier molecular flexibility index (Phi) is 3.10. The lowest BCUT2D eigenvalue weighted by molar-refractivity contribution is -0.169. The summed E-state index contributed by atoms with van der Waals surface area (Å²) in [5.41, 5.74) is 0.984. The number of nitrogens with zero attached hydrogens (tertiary/aromatic N) is 1. The fourth-order valence-electron chi connectivity index (χ4n) is 7.25. The van der Waals surface area contributed by atoms with E-state index in [1.807, 2.05) is 0 Å². The largest absolute Gasteiger partial charge is 0.298 e. The number of piperidine rings is 1. The van der Waals surface area contributed by atoms with E-state index in [4.69, 9.17) is 0 Å². The molecule has 4 bridgehead atoms. The van der Waals surface area contributed by atoms with Crippen LogP contribution in [0.5, 0.6) is 0 Å². The normalized spacial score (nSPS) is 49.5. The molecule has 5 aliphatic rings. The molecule has 0 N–H and O–H groups in total. The molecule has 118 valence electrons. The first-order chi connectivity index (χ1) is 9.91. The third-order valence-corrected chi connectivity index (χ3v) is 7.03. The molecule has 1 heterocycles. The number of rotatable bonds is 3. The summed E-state index contributed by atoms with van der Waals surface area (Å²) in [5.74, 6) is 1.44. The van der Waals surface area contributed by atoms with Crippen LogP contribution in [0.15, 0.2) is 0 Å². The second-order valence-corrected chi connectivity index (χ2v) is 9.67. The zero-order chi connectivity index (χ0) is 14.7. The maximum atomic E-state index is 13.2. The molecular weight excluding hydrogens is 258 g/mol. The number of likely N-dealkylation sites (tertiary alicyclic amines) is 1. The molecule has 5 fully saturated rings. The predicted molar refractivity (Wildman–Crippen MR) is 85.1 cm³/mol. The van der Waals surface area contributed by atoms with Gasteiger partial charge in [0.2, 0.25) is 0 Å². The van der Waals surface area contributed by atoms with Gasteiger partial charge in [-0.05, 0) is 81.2 Å². The molecule has 4 saturated carbocycles. The molecule has 2 heteroatoms. The Morgan fingerprint density at radius 1 is 0.952 bits per heavy atom. The van der Waals surface area contributed by atoms with E-state index in [0.717, 1.165) is 25.6 Å². The van der Waals surface area contributed by atoms with Crippen LogP contribution in [0.1, 0.15) is 71.6 Å². The van der Waals surface area contributed by atoms with E-state index in [9.17, 15) is 4.79 Å². The monoisotopic (exact) mass is 289 g/mol. The van der Waals surface area contributed by atoms with Crippen LogP contribution in [-0.4, -0.2) is 30.3 Å². The Hall–Kier alpha value is -0.370. The molecule has 0 spiro atoms. The van der Waals surface area contributed by atoms with Crippen molar-refractivity contribution in [2.24, 2.45) is 22.2 Å². The van der Waals surface area contributed by atoms with Crippen LogP contribution < -0.4 is 0 Å². The molecule has 2 nitrogen and oxygen atoms in total. The highest BCUT2D eigenvalue weighted by Crippen LogP contribution is 2.69. The maximum absolute atomic E-state index is 13.2. The van der Waals surface area contributed by atoms with Gasteiger partial charge in [-0.25, -0.2) is 0 Å². The van der Waals surface area contributed by atoms with Gasteiger partial charge in [0.05, 0.1) is 6.54 Å². The molecule has 1 saturated heterocycles. The van der Waals surface area contributed by atoms with E-state index in [2.05, 4.69) is 18.7 Å². The standard InChI is InChI=1S/C19H31NO/c1-17-8-15-9-18(2,12-17)14-19(10-15,13-17)16(21)11-20-6-4-3-5-7-20/h15H,3-14H2,1-2H3/t15?,17-,18+,19?. The lowest BCUT2D eigenvalue weighted by Gasteiger charge is -2.65. The minimum Gasteiger partial charge on any atom is -0.298 e. The third-order valence-electron chi connectivity index (χ3n) is 7.03. The number of carbonyl (C=O) groups excluding carboxylic acids is 1. The highest BCUT2D eigenvalue weighted by molar-refractivity contribution is 5.87. The minimum atomic E-state index is 0.0559. The summed E-state index contributed by atoms with van der Waals surface area (Å²) in [6, 6.07) is 0. The highest BCUT2D eigenvalue weighted by Gasteiger charge is 2.62. The molecule has 0 aromatic heterocycles. The van der Waals surface area contributed by atoms with Crippen LogP contribution in [0.4, 0.5) is 0 Å². The zero-order valence-electron chi connectivity index (χ0n) is 13.9. The Labute approximate surface area is 129 Å². The van der Waals surface area contributed by atoms with Crippen molar-refractivity contribution in [3.05, 3.63) is 0 Å². The second kappa shape index (κ2) is 4.57. The highest BCUT2D eigenvalue weighted by atomic mass is 16.1. The van der Waals surface area contributed by atoms with Crippen molar-refractivity contribution in [1.82, 2.24) is 4.90 Å². The SMILES string of the molecule is C[C@]12CC3CC(C(=O)CN4CCCCC4)(C1)C[C@@](C)(C3)C2. The van der Waals surface area contributed by atoms with Crippen LogP contribution in [-0.2, 0) is 4.79 Å². The van der Waals surface area contributed by atoms with E-state index in [0.29, 0.717) is 16.6 Å². The van der Waals surface area contributed by atoms with E-state index in [1.54, 1.807) is 0 Å². The van der Waals surface area contributed by atoms with Crippen molar-refractivity contribution >= 4 is 5.78 Å². The van der Waals surface area contributed by atoms with Gasteiger partial charge in [0, 0.05) is 5.41 Å². The van der Waals surface area contributed by atoms with Gasteiger partial charge in [-0.1, -0.05) is 20.3 Å². The van der Waals surface area contributed by atoms with Crippen LogP contribution in [0.3, 0.4) is 0 Å². The van der Waals surface area contributed by atoms with Crippen LogP contribution in [0.2, 0.25) is 0 Å². The van der Waals surface area contributed by atoms with E-state index < -0.39 is 0 Å². The fraction of sp³-hybridized carbons (Fsp3) is 0.947. The van der Waals surface area contributed by atoms with Crippen molar-refractivity contribution < 1.29 is 4.79 Å². The molecule has 0 aromatic carbocycles. The third kappa shape index (κ3) is 2.38. The van der Waals surface area contributed by atoms with Crippen molar-refractivity contribution in [1.29, 1.82) is 0 Å². The van der Waals surface area contributed by atoms with Gasteiger partial charge in [0.15, 0.2) is 5.78 Å². The molecule has 0 aromatic rings. The number of Topliss-reactive ketones (excluding diaryl/α,β-unsaturated/α-hetero) is 1. The Morgan fingerprint density at radius 3 is 2.14 bits per heavy atom. The Balaban J connectivity index is 1.54. The van der Waals surface area contributed by atoms with Gasteiger partial charge in [-0.2, -0.15) is 0 Å². The lowest BCUT2D eigenvalue weighted by atomic mass is 9.39. The minimum absolute atomic E-state index is 0.0559. The van der Waals surface area contributed by atoms with Crippen molar-refractivity contribution in [2.45, 2.75) is 71.6 Å². The summed E-state index contributed by atoms with van der Waals surface area (Å²) >= 11 is 0. The van der Waals surface area contributed by atoms with Gasteiger partial charge in [-0.15, -0.1) is 0 Å². The van der Waals surface area contributed by atoms with Gasteiger partial charge in [0.1, 0.15) is 0 Å².